The fourth-order valence-electron chi connectivity index (χ4n) is 0.790. The fraction of sp³-hybridized carbons (Fsp3) is 0.250. The van der Waals surface area contributed by atoms with E-state index in [4.69, 9.17) is 5.11 Å². The lowest BCUT2D eigenvalue weighted by Crippen LogP contribution is -2.10. The third-order valence-electron chi connectivity index (χ3n) is 1.37. The first-order valence-electron chi connectivity index (χ1n) is 3.21. The molecule has 0 aliphatic heterocycles. The molecule has 1 aromatic rings. The van der Waals surface area contributed by atoms with Crippen molar-refractivity contribution >= 4 is 22.6 Å². The number of aliphatic hydroxyl groups is 1. The van der Waals surface area contributed by atoms with E-state index in [1.807, 2.05) is 22.6 Å². The second kappa shape index (κ2) is 2.98. The zero-order valence-electron chi connectivity index (χ0n) is 6.08. The van der Waals surface area contributed by atoms with Crippen molar-refractivity contribution in [2.45, 2.75) is 10.5 Å². The quantitative estimate of drug-likeness (QED) is 0.601. The van der Waals surface area contributed by atoms with Crippen molar-refractivity contribution in [3.63, 3.8) is 0 Å². The number of hydrogen-bond acceptors (Lipinski definition) is 2. The summed E-state index contributed by atoms with van der Waals surface area (Å²) < 4.78 is -0.906. The second-order valence-corrected chi connectivity index (χ2v) is 4.60. The van der Waals surface area contributed by atoms with E-state index in [9.17, 15) is 5.11 Å². The van der Waals surface area contributed by atoms with Gasteiger partial charge in [-0.3, -0.25) is 0 Å². The lowest BCUT2D eigenvalue weighted by molar-refractivity contribution is 0.178. The molecule has 0 saturated carbocycles. The minimum atomic E-state index is -0.906. The summed E-state index contributed by atoms with van der Waals surface area (Å²) in [6.07, 6.45) is 0. The molecule has 0 aliphatic carbocycles. The summed E-state index contributed by atoms with van der Waals surface area (Å²) in [6.45, 7) is 1.67. The van der Waals surface area contributed by atoms with Crippen molar-refractivity contribution < 1.29 is 10.2 Å². The van der Waals surface area contributed by atoms with E-state index >= 15 is 0 Å². The number of hydrogen-bond donors (Lipinski definition) is 2. The van der Waals surface area contributed by atoms with E-state index in [1.165, 1.54) is 0 Å². The Hall–Kier alpha value is -0.290. The van der Waals surface area contributed by atoms with Crippen LogP contribution in [0.15, 0.2) is 24.3 Å². The molecule has 0 aromatic heterocycles. The van der Waals surface area contributed by atoms with Gasteiger partial charge in [0.1, 0.15) is 9.36 Å². The van der Waals surface area contributed by atoms with Gasteiger partial charge in [-0.2, -0.15) is 0 Å². The number of alkyl halides is 1. The second-order valence-electron chi connectivity index (χ2n) is 2.50. The summed E-state index contributed by atoms with van der Waals surface area (Å²) in [4.78, 5) is 0. The van der Waals surface area contributed by atoms with Gasteiger partial charge < -0.3 is 10.2 Å². The number of aromatic hydroxyl groups is 1. The molecule has 0 fully saturated rings. The molecule has 0 bridgehead atoms. The molecule has 0 heterocycles. The van der Waals surface area contributed by atoms with Crippen LogP contribution in [-0.4, -0.2) is 10.2 Å². The van der Waals surface area contributed by atoms with Crippen molar-refractivity contribution in [3.8, 4) is 5.75 Å². The number of benzene rings is 1. The van der Waals surface area contributed by atoms with Gasteiger partial charge in [-0.05, 0) is 47.2 Å². The Morgan fingerprint density at radius 2 is 2.09 bits per heavy atom. The number of rotatable bonds is 1. The van der Waals surface area contributed by atoms with Gasteiger partial charge in [0.25, 0.3) is 0 Å². The smallest absolute Gasteiger partial charge is 0.138 e. The van der Waals surface area contributed by atoms with Gasteiger partial charge in [-0.25, -0.2) is 0 Å². The summed E-state index contributed by atoms with van der Waals surface area (Å²) in [5.41, 5.74) is 0.707. The highest BCUT2D eigenvalue weighted by molar-refractivity contribution is 14.1. The van der Waals surface area contributed by atoms with Crippen LogP contribution >= 0.6 is 22.6 Å². The molecule has 2 N–H and O–H groups in total. The fourth-order valence-corrected chi connectivity index (χ4v) is 1.13. The van der Waals surface area contributed by atoms with Crippen LogP contribution in [0, 0.1) is 0 Å². The molecule has 1 aromatic carbocycles. The molecule has 2 nitrogen and oxygen atoms in total. The summed E-state index contributed by atoms with van der Waals surface area (Å²) in [5.74, 6) is 0.180. The number of phenols is 1. The lowest BCUT2D eigenvalue weighted by atomic mass is 10.1. The van der Waals surface area contributed by atoms with Crippen LogP contribution in [0.2, 0.25) is 0 Å². The molecule has 1 atom stereocenters. The van der Waals surface area contributed by atoms with Crippen LogP contribution in [-0.2, 0) is 3.61 Å². The maximum Gasteiger partial charge on any atom is 0.138 e. The molecule has 0 aliphatic rings. The Bertz CT molecular complexity index is 253. The first-order chi connectivity index (χ1) is 5.00. The first-order valence-corrected chi connectivity index (χ1v) is 4.29. The minimum absolute atomic E-state index is 0.180. The maximum atomic E-state index is 9.49. The Morgan fingerprint density at radius 1 is 1.45 bits per heavy atom. The predicted molar refractivity (Wildman–Crippen MR) is 51.7 cm³/mol. The van der Waals surface area contributed by atoms with E-state index in [-0.39, 0.29) is 5.75 Å². The van der Waals surface area contributed by atoms with Crippen LogP contribution in [0.5, 0.6) is 5.75 Å². The average molecular weight is 264 g/mol. The predicted octanol–water partition coefficient (Wildman–Crippen LogP) is 1.99. The van der Waals surface area contributed by atoms with E-state index in [1.54, 1.807) is 31.2 Å². The summed E-state index contributed by atoms with van der Waals surface area (Å²) in [6, 6.07) is 6.60. The molecule has 0 amide bonds. The van der Waals surface area contributed by atoms with E-state index in [0.29, 0.717) is 5.56 Å². The van der Waals surface area contributed by atoms with Gasteiger partial charge in [0.05, 0.1) is 0 Å². The molecule has 0 saturated heterocycles. The number of phenolic OH excluding ortho intramolecular Hbond substituents is 1. The van der Waals surface area contributed by atoms with Gasteiger partial charge in [0.15, 0.2) is 0 Å². The van der Waals surface area contributed by atoms with Crippen molar-refractivity contribution in [3.05, 3.63) is 29.8 Å². The normalized spacial score (nSPS) is 15.9. The van der Waals surface area contributed by atoms with Crippen LogP contribution in [0.4, 0.5) is 0 Å². The molecule has 1 unspecified atom stereocenters. The highest BCUT2D eigenvalue weighted by atomic mass is 127. The third-order valence-corrected chi connectivity index (χ3v) is 2.00. The van der Waals surface area contributed by atoms with Gasteiger partial charge >= 0.3 is 0 Å². The summed E-state index contributed by atoms with van der Waals surface area (Å²) in [7, 11) is 0. The molecule has 60 valence electrons. The zero-order valence-corrected chi connectivity index (χ0v) is 8.24. The van der Waals surface area contributed by atoms with Crippen molar-refractivity contribution in [1.82, 2.24) is 0 Å². The highest BCUT2D eigenvalue weighted by Crippen LogP contribution is 2.29. The highest BCUT2D eigenvalue weighted by Gasteiger charge is 2.17. The zero-order chi connectivity index (χ0) is 8.48. The number of halogens is 1. The largest absolute Gasteiger partial charge is 0.508 e. The third kappa shape index (κ3) is 2.34. The van der Waals surface area contributed by atoms with E-state index < -0.39 is 3.61 Å². The van der Waals surface area contributed by atoms with Crippen LogP contribution in [0.25, 0.3) is 0 Å². The monoisotopic (exact) mass is 264 g/mol. The first kappa shape index (κ1) is 8.80. The van der Waals surface area contributed by atoms with E-state index in [0.717, 1.165) is 0 Å². The minimum Gasteiger partial charge on any atom is -0.508 e. The Balaban J connectivity index is 3.06. The topological polar surface area (TPSA) is 40.5 Å². The van der Waals surface area contributed by atoms with Gasteiger partial charge in [0.2, 0.25) is 0 Å². The standard InChI is InChI=1S/C8H9IO2/c1-8(9,11)6-3-2-4-7(10)5-6/h2-5,10-11H,1H3. The molecular weight excluding hydrogens is 255 g/mol. The Morgan fingerprint density at radius 3 is 2.45 bits per heavy atom. The van der Waals surface area contributed by atoms with Crippen LogP contribution in [0.3, 0.4) is 0 Å². The molecule has 3 heteroatoms. The molecule has 11 heavy (non-hydrogen) atoms. The van der Waals surface area contributed by atoms with Crippen molar-refractivity contribution in [2.75, 3.05) is 0 Å². The maximum absolute atomic E-state index is 9.49. The summed E-state index contributed by atoms with van der Waals surface area (Å²) in [5, 5.41) is 18.6. The molecular formula is C8H9IO2. The van der Waals surface area contributed by atoms with Gasteiger partial charge in [0, 0.05) is 0 Å². The summed E-state index contributed by atoms with van der Waals surface area (Å²) >= 11 is 1.90. The molecule has 0 spiro atoms. The molecule has 0 radical (unpaired) electrons. The Kier molecular flexibility index (Phi) is 2.39. The average Bonchev–Trinajstić information content (AvgIpc) is 1.86. The molecule has 1 rings (SSSR count). The van der Waals surface area contributed by atoms with Crippen LogP contribution < -0.4 is 0 Å². The van der Waals surface area contributed by atoms with Crippen LogP contribution in [0.1, 0.15) is 12.5 Å². The Labute approximate surface area is 79.0 Å². The lowest BCUT2D eigenvalue weighted by Gasteiger charge is -2.15. The van der Waals surface area contributed by atoms with E-state index in [2.05, 4.69) is 0 Å². The van der Waals surface area contributed by atoms with Gasteiger partial charge in [-0.1, -0.05) is 12.1 Å². The van der Waals surface area contributed by atoms with Gasteiger partial charge in [-0.15, -0.1) is 0 Å². The van der Waals surface area contributed by atoms with Crippen molar-refractivity contribution in [2.24, 2.45) is 0 Å². The van der Waals surface area contributed by atoms with Crippen molar-refractivity contribution in [1.29, 1.82) is 0 Å². The SMILES string of the molecule is CC(O)(I)c1cccc(O)c1.